The van der Waals surface area contributed by atoms with Crippen molar-refractivity contribution in [3.8, 4) is 0 Å². The van der Waals surface area contributed by atoms with Crippen molar-refractivity contribution in [2.75, 3.05) is 20.3 Å². The number of ether oxygens (including phenoxy) is 1. The van der Waals surface area contributed by atoms with Gasteiger partial charge in [0.15, 0.2) is 0 Å². The second kappa shape index (κ2) is 5.82. The number of sulfonamides is 1. The van der Waals surface area contributed by atoms with Crippen LogP contribution in [0, 0.1) is 0 Å². The Bertz CT molecular complexity index is 376. The minimum atomic E-state index is -3.57. The van der Waals surface area contributed by atoms with Crippen molar-refractivity contribution in [3.63, 3.8) is 0 Å². The van der Waals surface area contributed by atoms with E-state index in [4.69, 9.17) is 9.57 Å². The lowest BCUT2D eigenvalue weighted by molar-refractivity contribution is 0.0438. The van der Waals surface area contributed by atoms with E-state index in [0.717, 1.165) is 0 Å². The van der Waals surface area contributed by atoms with Crippen LogP contribution in [0.5, 0.6) is 0 Å². The van der Waals surface area contributed by atoms with Gasteiger partial charge in [0, 0.05) is 7.11 Å². The average Bonchev–Trinajstić information content (AvgIpc) is 2.26. The zero-order valence-electron chi connectivity index (χ0n) is 8.34. The Kier molecular flexibility index (Phi) is 4.70. The predicted octanol–water partition coefficient (Wildman–Crippen LogP) is 0.543. The molecule has 0 radical (unpaired) electrons. The van der Waals surface area contributed by atoms with Gasteiger partial charge in [-0.05, 0) is 12.1 Å². The maximum atomic E-state index is 11.5. The van der Waals surface area contributed by atoms with Crippen molar-refractivity contribution in [2.45, 2.75) is 4.90 Å². The van der Waals surface area contributed by atoms with Crippen molar-refractivity contribution in [1.29, 1.82) is 0 Å². The van der Waals surface area contributed by atoms with E-state index >= 15 is 0 Å². The SMILES string of the molecule is COCCONS(=O)(=O)c1ccccc1. The van der Waals surface area contributed by atoms with Gasteiger partial charge in [0.05, 0.1) is 18.1 Å². The van der Waals surface area contributed by atoms with Gasteiger partial charge in [0.25, 0.3) is 10.0 Å². The van der Waals surface area contributed by atoms with E-state index < -0.39 is 10.0 Å². The maximum Gasteiger partial charge on any atom is 0.262 e. The molecule has 1 rings (SSSR count). The van der Waals surface area contributed by atoms with Crippen LogP contribution in [0.15, 0.2) is 35.2 Å². The van der Waals surface area contributed by atoms with Crippen molar-refractivity contribution >= 4 is 10.0 Å². The topological polar surface area (TPSA) is 64.6 Å². The molecule has 6 heteroatoms. The minimum Gasteiger partial charge on any atom is -0.382 e. The Morgan fingerprint density at radius 3 is 2.47 bits per heavy atom. The summed E-state index contributed by atoms with van der Waals surface area (Å²) in [5.74, 6) is 0. The molecule has 0 amide bonds. The number of nitrogens with one attached hydrogen (secondary N) is 1. The molecule has 0 aliphatic heterocycles. The summed E-state index contributed by atoms with van der Waals surface area (Å²) in [7, 11) is -2.06. The number of methoxy groups -OCH3 is 1. The van der Waals surface area contributed by atoms with Crippen molar-refractivity contribution < 1.29 is 18.0 Å². The van der Waals surface area contributed by atoms with E-state index in [2.05, 4.69) is 0 Å². The molecule has 1 aromatic rings. The zero-order chi connectivity index (χ0) is 11.1. The summed E-state index contributed by atoms with van der Waals surface area (Å²) in [6.45, 7) is 0.500. The highest BCUT2D eigenvalue weighted by molar-refractivity contribution is 7.89. The van der Waals surface area contributed by atoms with E-state index in [9.17, 15) is 8.42 Å². The molecular formula is C9H13NO4S. The zero-order valence-corrected chi connectivity index (χ0v) is 9.16. The monoisotopic (exact) mass is 231 g/mol. The van der Waals surface area contributed by atoms with Crippen LogP contribution in [0.3, 0.4) is 0 Å². The molecule has 0 unspecified atom stereocenters. The summed E-state index contributed by atoms with van der Waals surface area (Å²) in [5.41, 5.74) is 0. The van der Waals surface area contributed by atoms with Gasteiger partial charge in [-0.25, -0.2) is 8.42 Å². The lowest BCUT2D eigenvalue weighted by Crippen LogP contribution is -2.25. The van der Waals surface area contributed by atoms with E-state index in [0.29, 0.717) is 6.61 Å². The molecule has 0 fully saturated rings. The molecule has 1 aromatic carbocycles. The Morgan fingerprint density at radius 2 is 1.87 bits per heavy atom. The summed E-state index contributed by atoms with van der Waals surface area (Å²) >= 11 is 0. The maximum absolute atomic E-state index is 11.5. The van der Waals surface area contributed by atoms with Crippen molar-refractivity contribution in [1.82, 2.24) is 4.89 Å². The van der Waals surface area contributed by atoms with Gasteiger partial charge in [0.1, 0.15) is 0 Å². The van der Waals surface area contributed by atoms with Gasteiger partial charge in [-0.2, -0.15) is 0 Å². The van der Waals surface area contributed by atoms with Crippen LogP contribution in [0.25, 0.3) is 0 Å². The van der Waals surface area contributed by atoms with Crippen LogP contribution in [-0.2, 0) is 19.6 Å². The lowest BCUT2D eigenvalue weighted by Gasteiger charge is -2.06. The molecule has 0 spiro atoms. The molecule has 15 heavy (non-hydrogen) atoms. The van der Waals surface area contributed by atoms with Gasteiger partial charge in [-0.3, -0.25) is 4.84 Å². The molecule has 0 heterocycles. The highest BCUT2D eigenvalue weighted by Gasteiger charge is 2.12. The molecule has 0 aliphatic rings. The first-order valence-electron chi connectivity index (χ1n) is 4.34. The summed E-state index contributed by atoms with van der Waals surface area (Å²) < 4.78 is 27.7. The molecule has 0 atom stereocenters. The minimum absolute atomic E-state index is 0.169. The van der Waals surface area contributed by atoms with Crippen LogP contribution in [-0.4, -0.2) is 28.7 Å². The highest BCUT2D eigenvalue weighted by atomic mass is 32.2. The molecule has 84 valence electrons. The number of hydrogen-bond donors (Lipinski definition) is 1. The van der Waals surface area contributed by atoms with E-state index in [1.807, 2.05) is 4.89 Å². The van der Waals surface area contributed by atoms with Gasteiger partial charge < -0.3 is 4.74 Å². The van der Waals surface area contributed by atoms with Crippen LogP contribution < -0.4 is 4.89 Å². The van der Waals surface area contributed by atoms with Crippen LogP contribution in [0.1, 0.15) is 0 Å². The Labute approximate surface area is 89.0 Å². The second-order valence-electron chi connectivity index (χ2n) is 2.74. The third-order valence-electron chi connectivity index (χ3n) is 1.61. The number of hydrogen-bond acceptors (Lipinski definition) is 4. The van der Waals surface area contributed by atoms with E-state index in [-0.39, 0.29) is 11.5 Å². The van der Waals surface area contributed by atoms with E-state index in [1.54, 1.807) is 18.2 Å². The molecule has 0 saturated carbocycles. The smallest absolute Gasteiger partial charge is 0.262 e. The van der Waals surface area contributed by atoms with E-state index in [1.165, 1.54) is 19.2 Å². The fourth-order valence-corrected chi connectivity index (χ4v) is 1.74. The van der Waals surface area contributed by atoms with Gasteiger partial charge in [-0.15, -0.1) is 0 Å². The van der Waals surface area contributed by atoms with Crippen LogP contribution in [0.2, 0.25) is 0 Å². The summed E-state index contributed by atoms with van der Waals surface area (Å²) in [4.78, 5) is 6.90. The molecular weight excluding hydrogens is 218 g/mol. The highest BCUT2D eigenvalue weighted by Crippen LogP contribution is 2.06. The quantitative estimate of drug-likeness (QED) is 0.573. The molecule has 0 aromatic heterocycles. The first-order valence-corrected chi connectivity index (χ1v) is 5.83. The summed E-state index contributed by atoms with van der Waals surface area (Å²) in [6, 6.07) is 8.00. The van der Waals surface area contributed by atoms with Gasteiger partial charge >= 0.3 is 0 Å². The number of rotatable bonds is 6. The number of benzene rings is 1. The average molecular weight is 231 g/mol. The van der Waals surface area contributed by atoms with Crippen molar-refractivity contribution in [3.05, 3.63) is 30.3 Å². The van der Waals surface area contributed by atoms with Crippen LogP contribution >= 0.6 is 0 Å². The summed E-state index contributed by atoms with van der Waals surface area (Å²) in [6.07, 6.45) is 0. The second-order valence-corrected chi connectivity index (χ2v) is 4.39. The summed E-state index contributed by atoms with van der Waals surface area (Å²) in [5, 5.41) is 0. The lowest BCUT2D eigenvalue weighted by atomic mass is 10.4. The third kappa shape index (κ3) is 3.96. The fraction of sp³-hybridized carbons (Fsp3) is 0.333. The largest absolute Gasteiger partial charge is 0.382 e. The van der Waals surface area contributed by atoms with Crippen LogP contribution in [0.4, 0.5) is 0 Å². The van der Waals surface area contributed by atoms with Crippen molar-refractivity contribution in [2.24, 2.45) is 0 Å². The molecule has 0 aliphatic carbocycles. The molecule has 0 bridgehead atoms. The van der Waals surface area contributed by atoms with Gasteiger partial charge in [0.2, 0.25) is 0 Å². The molecule has 1 N–H and O–H groups in total. The normalized spacial score (nSPS) is 11.5. The molecule has 0 saturated heterocycles. The first kappa shape index (κ1) is 12.1. The predicted molar refractivity (Wildman–Crippen MR) is 54.6 cm³/mol. The Balaban J connectivity index is 2.53. The Morgan fingerprint density at radius 1 is 1.20 bits per heavy atom. The van der Waals surface area contributed by atoms with Gasteiger partial charge in [-0.1, -0.05) is 23.1 Å². The Hall–Kier alpha value is -0.950. The standard InChI is InChI=1S/C9H13NO4S/c1-13-7-8-14-10-15(11,12)9-5-3-2-4-6-9/h2-6,10H,7-8H2,1H3. The molecule has 5 nitrogen and oxygen atoms in total. The fourth-order valence-electron chi connectivity index (χ4n) is 0.892. The third-order valence-corrected chi connectivity index (χ3v) is 2.84. The first-order chi connectivity index (χ1) is 7.17.